The van der Waals surface area contributed by atoms with Gasteiger partial charge in [-0.2, -0.15) is 32.1 Å². The van der Waals surface area contributed by atoms with Gasteiger partial charge < -0.3 is 4.90 Å². The SMILES string of the molecule is CC(=O)N1CCCC1C#Cc1ccc(-c2ccc(Cl)c3c(CS(C)(=O)=O)nn(C)c23)c([C@@H](CC(=O)Cn2nc(C(F)(F)F)c3c2C(F)(F)[C@@H]2C[C@H]32)Cc2cc(F)cc(F)c2)n1. The number of aryl methyl sites for hydroxylation is 1. The molecule has 4 heterocycles. The maximum atomic E-state index is 15.5. The number of rotatable bonds is 10. The van der Waals surface area contributed by atoms with Gasteiger partial charge in [0.05, 0.1) is 33.7 Å². The lowest BCUT2D eigenvalue weighted by Crippen LogP contribution is -2.32. The van der Waals surface area contributed by atoms with Crippen LogP contribution in [-0.2, 0) is 57.3 Å². The molecule has 2 aromatic carbocycles. The van der Waals surface area contributed by atoms with Gasteiger partial charge in [-0.05, 0) is 73.4 Å². The number of benzene rings is 2. The van der Waals surface area contributed by atoms with Gasteiger partial charge in [0.1, 0.15) is 29.6 Å². The number of hydrogen-bond donors (Lipinski definition) is 0. The third-order valence-corrected chi connectivity index (χ3v) is 12.6. The molecular formula is C42H36ClF7N6O4S. The predicted molar refractivity (Wildman–Crippen MR) is 209 cm³/mol. The van der Waals surface area contributed by atoms with E-state index < -0.39 is 98.8 Å². The summed E-state index contributed by atoms with van der Waals surface area (Å²) in [6.45, 7) is 0.969. The van der Waals surface area contributed by atoms with Crippen molar-refractivity contribution in [1.29, 1.82) is 0 Å². The molecule has 4 atom stereocenters. The van der Waals surface area contributed by atoms with Crippen molar-refractivity contribution in [2.75, 3.05) is 12.8 Å². The quantitative estimate of drug-likeness (QED) is 0.103. The van der Waals surface area contributed by atoms with Gasteiger partial charge in [0.15, 0.2) is 21.3 Å². The van der Waals surface area contributed by atoms with Gasteiger partial charge >= 0.3 is 6.18 Å². The molecule has 0 bridgehead atoms. The van der Waals surface area contributed by atoms with Gasteiger partial charge in [-0.25, -0.2) is 22.2 Å². The number of pyridine rings is 1. The van der Waals surface area contributed by atoms with Crippen LogP contribution >= 0.6 is 11.6 Å². The number of carbonyl (C=O) groups is 2. The maximum Gasteiger partial charge on any atom is 0.435 e. The molecule has 2 aliphatic carbocycles. The van der Waals surface area contributed by atoms with Crippen LogP contribution in [0.25, 0.3) is 22.0 Å². The van der Waals surface area contributed by atoms with E-state index in [9.17, 15) is 40.0 Å². The lowest BCUT2D eigenvalue weighted by atomic mass is 9.86. The number of hydrogen-bond acceptors (Lipinski definition) is 7. The number of halogens is 8. The minimum atomic E-state index is -5.06. The molecule has 3 aliphatic rings. The van der Waals surface area contributed by atoms with Crippen molar-refractivity contribution < 1.29 is 48.7 Å². The molecular weight excluding hydrogens is 853 g/mol. The van der Waals surface area contributed by atoms with Crippen LogP contribution in [0.4, 0.5) is 30.7 Å². The normalized spacial score (nSPS) is 19.7. The Balaban J connectivity index is 1.28. The first kappa shape index (κ1) is 42.4. The Morgan fingerprint density at radius 3 is 2.43 bits per heavy atom. The Kier molecular flexibility index (Phi) is 10.6. The summed E-state index contributed by atoms with van der Waals surface area (Å²) in [6.07, 6.45) is -3.69. The minimum absolute atomic E-state index is 0.0748. The molecule has 1 saturated heterocycles. The van der Waals surface area contributed by atoms with Crippen LogP contribution in [-0.4, -0.2) is 68.4 Å². The zero-order valence-corrected chi connectivity index (χ0v) is 34.3. The molecule has 10 nitrogen and oxygen atoms in total. The molecule has 1 saturated carbocycles. The fraction of sp³-hybridized carbons (Fsp3) is 0.405. The van der Waals surface area contributed by atoms with E-state index in [0.29, 0.717) is 45.7 Å². The zero-order valence-electron chi connectivity index (χ0n) is 32.8. The van der Waals surface area contributed by atoms with Crippen LogP contribution in [0.5, 0.6) is 0 Å². The number of fused-ring (bicyclic) bond motifs is 4. The second-order valence-electron chi connectivity index (χ2n) is 16.0. The van der Waals surface area contributed by atoms with Crippen molar-refractivity contribution in [2.45, 2.75) is 81.3 Å². The molecule has 5 aromatic rings. The van der Waals surface area contributed by atoms with Crippen molar-refractivity contribution in [2.24, 2.45) is 13.0 Å². The first-order chi connectivity index (χ1) is 28.6. The lowest BCUT2D eigenvalue weighted by Gasteiger charge is -2.22. The first-order valence-electron chi connectivity index (χ1n) is 19.3. The summed E-state index contributed by atoms with van der Waals surface area (Å²) in [5, 5.41) is 8.44. The number of likely N-dealkylation sites (tertiary alicyclic amines) is 1. The molecule has 0 N–H and O–H groups in total. The van der Waals surface area contributed by atoms with E-state index in [1.807, 2.05) is 0 Å². The Bertz CT molecular complexity index is 2810. The molecule has 1 unspecified atom stereocenters. The molecule has 3 aromatic heterocycles. The molecule has 0 spiro atoms. The van der Waals surface area contributed by atoms with Crippen LogP contribution in [0, 0.1) is 29.4 Å². The number of alkyl halides is 5. The molecule has 0 radical (unpaired) electrons. The molecule has 61 heavy (non-hydrogen) atoms. The first-order valence-corrected chi connectivity index (χ1v) is 21.7. The fourth-order valence-corrected chi connectivity index (χ4v) is 9.90. The maximum absolute atomic E-state index is 15.5. The molecule has 2 fully saturated rings. The smallest absolute Gasteiger partial charge is 0.329 e. The molecule has 8 rings (SSSR count). The Labute approximate surface area is 350 Å². The Hall–Kier alpha value is -5.28. The summed E-state index contributed by atoms with van der Waals surface area (Å²) in [7, 11) is -2.03. The topological polar surface area (TPSA) is 120 Å². The Morgan fingerprint density at radius 1 is 1.05 bits per heavy atom. The summed E-state index contributed by atoms with van der Waals surface area (Å²) >= 11 is 6.66. The number of nitrogens with zero attached hydrogens (tertiary/aromatic N) is 6. The van der Waals surface area contributed by atoms with Crippen LogP contribution in [0.3, 0.4) is 0 Å². The van der Waals surface area contributed by atoms with Gasteiger partial charge in [-0.3, -0.25) is 19.0 Å². The van der Waals surface area contributed by atoms with Crippen LogP contribution in [0.1, 0.15) is 84.0 Å². The van der Waals surface area contributed by atoms with E-state index in [0.717, 1.165) is 24.8 Å². The van der Waals surface area contributed by atoms with Gasteiger partial charge in [-0.1, -0.05) is 23.6 Å². The monoisotopic (exact) mass is 888 g/mol. The van der Waals surface area contributed by atoms with Crippen LogP contribution in [0.2, 0.25) is 5.02 Å². The number of Topliss-reactive ketones (excluding diaryl/α,β-unsaturated/α-hetero) is 1. The van der Waals surface area contributed by atoms with E-state index in [1.165, 1.54) is 17.7 Å². The van der Waals surface area contributed by atoms with Crippen molar-refractivity contribution >= 4 is 44.0 Å². The highest BCUT2D eigenvalue weighted by atomic mass is 35.5. The lowest BCUT2D eigenvalue weighted by molar-refractivity contribution is -0.142. The zero-order chi connectivity index (χ0) is 43.9. The predicted octanol–water partition coefficient (Wildman–Crippen LogP) is 7.88. The largest absolute Gasteiger partial charge is 0.435 e. The second-order valence-corrected chi connectivity index (χ2v) is 18.5. The number of ketones is 1. The summed E-state index contributed by atoms with van der Waals surface area (Å²) in [6, 6.07) is 8.66. The summed E-state index contributed by atoms with van der Waals surface area (Å²) in [5.41, 5.74) is -1.42. The highest BCUT2D eigenvalue weighted by Crippen LogP contribution is 2.68. The number of carbonyl (C=O) groups excluding carboxylic acids is 2. The fourth-order valence-electron chi connectivity index (χ4n) is 8.94. The van der Waals surface area contributed by atoms with Gasteiger partial charge in [-0.15, -0.1) is 0 Å². The van der Waals surface area contributed by atoms with Crippen molar-refractivity contribution in [3.05, 3.63) is 98.7 Å². The van der Waals surface area contributed by atoms with E-state index in [1.54, 1.807) is 30.1 Å². The molecule has 1 amide bonds. The molecule has 1 aliphatic heterocycles. The third kappa shape index (κ3) is 8.14. The second kappa shape index (κ2) is 15.3. The van der Waals surface area contributed by atoms with Crippen LogP contribution < -0.4 is 0 Å². The number of amides is 1. The van der Waals surface area contributed by atoms with Crippen molar-refractivity contribution in [3.8, 4) is 23.0 Å². The summed E-state index contributed by atoms with van der Waals surface area (Å²) in [4.78, 5) is 32.9. The standard InChI is InChI=1S/C42H36ClF7N6O4S/c1-21(57)55-12-4-5-27(55)8-6-26-7-9-29(30-10-11-33(43)36-34(20-61(3,59)60)52-54(2)38(30)36)37(51-26)23(13-22-14-24(44)17-25(45)15-22)16-28(58)19-56-40-35(39(53-56)42(48,49)50)31-18-32(31)41(40,46)47/h7,9-11,14-15,17,23,27,31-32H,4-5,12-13,16,18-20H2,1-3H3/t23-,27?,31+,32-/m1/s1. The third-order valence-electron chi connectivity index (χ3n) is 11.4. The molecule has 320 valence electrons. The van der Waals surface area contributed by atoms with Gasteiger partial charge in [0.25, 0.3) is 5.92 Å². The summed E-state index contributed by atoms with van der Waals surface area (Å²) in [5.74, 6) is -4.39. The average Bonchev–Trinajstić information content (AvgIpc) is 3.37. The Morgan fingerprint density at radius 2 is 1.75 bits per heavy atom. The van der Waals surface area contributed by atoms with E-state index in [-0.39, 0.29) is 46.4 Å². The average molecular weight is 889 g/mol. The summed E-state index contributed by atoms with van der Waals surface area (Å²) < 4.78 is 129. The minimum Gasteiger partial charge on any atom is -0.329 e. The molecule has 19 heteroatoms. The van der Waals surface area contributed by atoms with Crippen LogP contribution in [0.15, 0.2) is 42.5 Å². The van der Waals surface area contributed by atoms with Gasteiger partial charge in [0, 0.05) is 73.2 Å². The van der Waals surface area contributed by atoms with Crippen molar-refractivity contribution in [1.82, 2.24) is 29.4 Å². The van der Waals surface area contributed by atoms with Gasteiger partial charge in [0.2, 0.25) is 5.91 Å². The highest BCUT2D eigenvalue weighted by molar-refractivity contribution is 7.89. The number of aromatic nitrogens is 5. The van der Waals surface area contributed by atoms with Crippen molar-refractivity contribution in [3.63, 3.8) is 0 Å². The number of sulfone groups is 1. The van der Waals surface area contributed by atoms with E-state index in [4.69, 9.17) is 16.6 Å². The van der Waals surface area contributed by atoms with E-state index in [2.05, 4.69) is 22.0 Å². The van der Waals surface area contributed by atoms with E-state index >= 15 is 8.78 Å². The highest BCUT2D eigenvalue weighted by Gasteiger charge is 2.68.